The van der Waals surface area contributed by atoms with Crippen LogP contribution in [0, 0.1) is 11.3 Å². The van der Waals surface area contributed by atoms with Gasteiger partial charge in [0.25, 0.3) is 5.91 Å². The Labute approximate surface area is 166 Å². The van der Waals surface area contributed by atoms with Crippen molar-refractivity contribution in [2.24, 2.45) is 0 Å². The molecule has 28 heavy (non-hydrogen) atoms. The Morgan fingerprint density at radius 3 is 2.29 bits per heavy atom. The Hall–Kier alpha value is -3.13. The summed E-state index contributed by atoms with van der Waals surface area (Å²) in [4.78, 5) is 28.5. The smallest absolute Gasteiger partial charge is 0.254 e. The van der Waals surface area contributed by atoms with Crippen LogP contribution in [0.25, 0.3) is 0 Å². The summed E-state index contributed by atoms with van der Waals surface area (Å²) < 4.78 is 0. The summed E-state index contributed by atoms with van der Waals surface area (Å²) in [6.45, 7) is 5.90. The molecule has 2 aromatic rings. The molecule has 5 heteroatoms. The highest BCUT2D eigenvalue weighted by molar-refractivity contribution is 5.94. The third-order valence-electron chi connectivity index (χ3n) is 5.07. The zero-order valence-corrected chi connectivity index (χ0v) is 16.4. The lowest BCUT2D eigenvalue weighted by Gasteiger charge is -2.27. The minimum absolute atomic E-state index is 0.0249. The van der Waals surface area contributed by atoms with Gasteiger partial charge in [-0.3, -0.25) is 9.59 Å². The Morgan fingerprint density at radius 1 is 1.11 bits per heavy atom. The molecule has 0 aromatic heterocycles. The molecule has 0 bridgehead atoms. The quantitative estimate of drug-likeness (QED) is 0.773. The van der Waals surface area contributed by atoms with Crippen LogP contribution in [0.2, 0.25) is 0 Å². The summed E-state index contributed by atoms with van der Waals surface area (Å²) in [5, 5.41) is 8.93. The van der Waals surface area contributed by atoms with Gasteiger partial charge in [-0.05, 0) is 55.7 Å². The van der Waals surface area contributed by atoms with Crippen molar-refractivity contribution in [3.8, 4) is 6.07 Å². The first-order chi connectivity index (χ1) is 13.5. The van der Waals surface area contributed by atoms with E-state index in [0.717, 1.165) is 24.1 Å². The first-order valence-electron chi connectivity index (χ1n) is 9.64. The van der Waals surface area contributed by atoms with Gasteiger partial charge in [-0.15, -0.1) is 0 Å². The first-order valence-corrected chi connectivity index (χ1v) is 9.64. The van der Waals surface area contributed by atoms with E-state index < -0.39 is 0 Å². The van der Waals surface area contributed by atoms with Crippen LogP contribution >= 0.6 is 0 Å². The normalized spacial score (nSPS) is 13.6. The average Bonchev–Trinajstić information content (AvgIpc) is 3.11. The average molecular weight is 375 g/mol. The van der Waals surface area contributed by atoms with Crippen LogP contribution in [0.4, 0.5) is 0 Å². The van der Waals surface area contributed by atoms with Crippen molar-refractivity contribution in [1.29, 1.82) is 5.26 Å². The fourth-order valence-corrected chi connectivity index (χ4v) is 3.38. The number of rotatable bonds is 6. The molecule has 1 heterocycles. The molecular formula is C23H25N3O2. The number of nitriles is 1. The van der Waals surface area contributed by atoms with Crippen LogP contribution in [0.5, 0.6) is 0 Å². The number of hydrogen-bond acceptors (Lipinski definition) is 3. The number of hydrogen-bond donors (Lipinski definition) is 0. The van der Waals surface area contributed by atoms with E-state index in [4.69, 9.17) is 5.26 Å². The maximum Gasteiger partial charge on any atom is 0.254 e. The maximum atomic E-state index is 13.0. The van der Waals surface area contributed by atoms with Gasteiger partial charge in [0.15, 0.2) is 0 Å². The summed E-state index contributed by atoms with van der Waals surface area (Å²) in [6.07, 6.45) is 1.56. The highest BCUT2D eigenvalue weighted by Gasteiger charge is 2.21. The van der Waals surface area contributed by atoms with Crippen molar-refractivity contribution < 1.29 is 9.59 Å². The summed E-state index contributed by atoms with van der Waals surface area (Å²) in [5.74, 6) is 0.178. The van der Waals surface area contributed by atoms with Gasteiger partial charge in [0.2, 0.25) is 5.91 Å². The molecule has 1 fully saturated rings. The van der Waals surface area contributed by atoms with E-state index in [9.17, 15) is 9.59 Å². The minimum atomic E-state index is -0.0249. The predicted molar refractivity (Wildman–Crippen MR) is 107 cm³/mol. The Balaban J connectivity index is 1.70. The molecule has 1 aliphatic heterocycles. The number of carbonyl (C=O) groups excluding carboxylic acids is 2. The molecule has 0 aliphatic carbocycles. The van der Waals surface area contributed by atoms with Gasteiger partial charge in [-0.25, -0.2) is 0 Å². The molecule has 3 rings (SSSR count). The van der Waals surface area contributed by atoms with E-state index in [1.807, 2.05) is 60.0 Å². The molecule has 144 valence electrons. The van der Waals surface area contributed by atoms with E-state index in [0.29, 0.717) is 30.6 Å². The fourth-order valence-electron chi connectivity index (χ4n) is 3.38. The largest absolute Gasteiger partial charge is 0.338 e. The van der Waals surface area contributed by atoms with Crippen LogP contribution in [0.1, 0.15) is 53.7 Å². The topological polar surface area (TPSA) is 64.4 Å². The SMILES string of the molecule is CC(C)N(Cc1ccc(C#N)cc1)C(=O)c1ccc(CN2CCCC2=O)cc1. The van der Waals surface area contributed by atoms with E-state index in [1.165, 1.54) is 0 Å². The lowest BCUT2D eigenvalue weighted by atomic mass is 10.1. The molecule has 1 aliphatic rings. The highest BCUT2D eigenvalue weighted by Crippen LogP contribution is 2.17. The van der Waals surface area contributed by atoms with E-state index in [2.05, 4.69) is 6.07 Å². The molecule has 2 aromatic carbocycles. The van der Waals surface area contributed by atoms with Crippen LogP contribution in [-0.4, -0.2) is 34.2 Å². The molecule has 0 radical (unpaired) electrons. The summed E-state index contributed by atoms with van der Waals surface area (Å²) in [7, 11) is 0. The molecule has 2 amide bonds. The van der Waals surface area contributed by atoms with Gasteiger partial charge < -0.3 is 9.80 Å². The monoisotopic (exact) mass is 375 g/mol. The molecule has 5 nitrogen and oxygen atoms in total. The third-order valence-corrected chi connectivity index (χ3v) is 5.07. The number of nitrogens with zero attached hydrogens (tertiary/aromatic N) is 3. The van der Waals surface area contributed by atoms with Crippen molar-refractivity contribution in [2.45, 2.75) is 45.8 Å². The molecule has 0 saturated carbocycles. The van der Waals surface area contributed by atoms with Crippen molar-refractivity contribution in [2.75, 3.05) is 6.54 Å². The Bertz CT molecular complexity index is 880. The number of benzene rings is 2. The molecule has 1 saturated heterocycles. The molecular weight excluding hydrogens is 350 g/mol. The zero-order chi connectivity index (χ0) is 20.1. The van der Waals surface area contributed by atoms with Crippen LogP contribution in [0.15, 0.2) is 48.5 Å². The Morgan fingerprint density at radius 2 is 1.75 bits per heavy atom. The van der Waals surface area contributed by atoms with E-state index >= 15 is 0 Å². The fraction of sp³-hybridized carbons (Fsp3) is 0.348. The predicted octanol–water partition coefficient (Wildman–Crippen LogP) is 3.73. The van der Waals surface area contributed by atoms with Gasteiger partial charge >= 0.3 is 0 Å². The third kappa shape index (κ3) is 4.58. The first kappa shape index (κ1) is 19.6. The molecule has 0 spiro atoms. The summed E-state index contributed by atoms with van der Waals surface area (Å²) in [6, 6.07) is 17.0. The van der Waals surface area contributed by atoms with E-state index in [1.54, 1.807) is 12.1 Å². The second-order valence-electron chi connectivity index (χ2n) is 7.45. The lowest BCUT2D eigenvalue weighted by Crippen LogP contribution is -2.36. The highest BCUT2D eigenvalue weighted by atomic mass is 16.2. The molecule has 0 N–H and O–H groups in total. The second kappa shape index (κ2) is 8.71. The summed E-state index contributed by atoms with van der Waals surface area (Å²) >= 11 is 0. The number of amides is 2. The molecule has 0 atom stereocenters. The molecule has 0 unspecified atom stereocenters. The standard InChI is InChI=1S/C23H25N3O2/c1-17(2)26(16-20-7-5-18(14-24)6-8-20)23(28)21-11-9-19(10-12-21)15-25-13-3-4-22(25)27/h5-12,17H,3-4,13,15-16H2,1-2H3. The van der Waals surface area contributed by atoms with E-state index in [-0.39, 0.29) is 17.9 Å². The van der Waals surface area contributed by atoms with Crippen LogP contribution in [0.3, 0.4) is 0 Å². The van der Waals surface area contributed by atoms with Gasteiger partial charge in [0.05, 0.1) is 11.6 Å². The summed E-state index contributed by atoms with van der Waals surface area (Å²) in [5.41, 5.74) is 3.28. The van der Waals surface area contributed by atoms with Gasteiger partial charge in [0.1, 0.15) is 0 Å². The number of carbonyl (C=O) groups is 2. The second-order valence-corrected chi connectivity index (χ2v) is 7.45. The number of likely N-dealkylation sites (tertiary alicyclic amines) is 1. The van der Waals surface area contributed by atoms with Crippen molar-refractivity contribution in [3.63, 3.8) is 0 Å². The van der Waals surface area contributed by atoms with Crippen molar-refractivity contribution >= 4 is 11.8 Å². The van der Waals surface area contributed by atoms with Gasteiger partial charge in [-0.1, -0.05) is 24.3 Å². The Kier molecular flexibility index (Phi) is 6.10. The maximum absolute atomic E-state index is 13.0. The van der Waals surface area contributed by atoms with Gasteiger partial charge in [-0.2, -0.15) is 5.26 Å². The zero-order valence-electron chi connectivity index (χ0n) is 16.4. The van der Waals surface area contributed by atoms with Crippen LogP contribution in [-0.2, 0) is 17.9 Å². The van der Waals surface area contributed by atoms with Gasteiger partial charge in [0, 0.05) is 37.7 Å². The van der Waals surface area contributed by atoms with Crippen molar-refractivity contribution in [1.82, 2.24) is 9.80 Å². The van der Waals surface area contributed by atoms with Crippen molar-refractivity contribution in [3.05, 3.63) is 70.8 Å². The minimum Gasteiger partial charge on any atom is -0.338 e. The van der Waals surface area contributed by atoms with Crippen LogP contribution < -0.4 is 0 Å². The lowest BCUT2D eigenvalue weighted by molar-refractivity contribution is -0.128.